The summed E-state index contributed by atoms with van der Waals surface area (Å²) in [4.78, 5) is 69.7. The van der Waals surface area contributed by atoms with Crippen LogP contribution in [-0.4, -0.2) is 78.9 Å². The van der Waals surface area contributed by atoms with Crippen molar-refractivity contribution in [1.82, 2.24) is 15.2 Å². The van der Waals surface area contributed by atoms with Gasteiger partial charge >= 0.3 is 0 Å². The van der Waals surface area contributed by atoms with Crippen molar-refractivity contribution in [1.29, 1.82) is 0 Å². The molecule has 4 heterocycles. The predicted octanol–water partition coefficient (Wildman–Crippen LogP) is 4.23. The lowest BCUT2D eigenvalue weighted by Gasteiger charge is -2.29. The Kier molecular flexibility index (Phi) is 10.5. The zero-order chi connectivity index (χ0) is 37.1. The summed E-state index contributed by atoms with van der Waals surface area (Å²) in [6.07, 6.45) is 2.13. The smallest absolute Gasteiger partial charge is 0.255 e. The van der Waals surface area contributed by atoms with Crippen LogP contribution in [0.3, 0.4) is 0 Å². The summed E-state index contributed by atoms with van der Waals surface area (Å²) in [5.74, 6) is -1.82. The third-order valence-corrected chi connectivity index (χ3v) is 10.3. The van der Waals surface area contributed by atoms with Crippen molar-refractivity contribution >= 4 is 57.9 Å². The number of ether oxygens (including phenoxy) is 2. The fraction of sp³-hybridized carbons (Fsp3) is 0.316. The minimum atomic E-state index is -0.663. The van der Waals surface area contributed by atoms with E-state index in [4.69, 9.17) is 9.47 Å². The van der Waals surface area contributed by atoms with Crippen LogP contribution >= 0.6 is 11.3 Å². The van der Waals surface area contributed by atoms with Gasteiger partial charge in [-0.05, 0) is 78.9 Å². The fourth-order valence-electron chi connectivity index (χ4n) is 6.78. The maximum absolute atomic E-state index is 14.5. The largest absolute Gasteiger partial charge is 0.488 e. The lowest BCUT2D eigenvalue weighted by Crippen LogP contribution is -2.52. The highest BCUT2D eigenvalue weighted by Gasteiger charge is 2.39. The van der Waals surface area contributed by atoms with Gasteiger partial charge in [0.15, 0.2) is 16.7 Å². The van der Waals surface area contributed by atoms with Crippen LogP contribution in [0.15, 0.2) is 54.6 Å². The normalized spacial score (nSPS) is 16.3. The van der Waals surface area contributed by atoms with Gasteiger partial charge in [0, 0.05) is 53.4 Å². The number of benzene rings is 3. The molecule has 0 saturated carbocycles. The van der Waals surface area contributed by atoms with Crippen LogP contribution in [0.4, 0.5) is 20.9 Å². The van der Waals surface area contributed by atoms with Gasteiger partial charge in [-0.1, -0.05) is 12.1 Å². The van der Waals surface area contributed by atoms with Crippen molar-refractivity contribution in [2.75, 3.05) is 48.4 Å². The predicted molar refractivity (Wildman–Crippen MR) is 195 cm³/mol. The van der Waals surface area contributed by atoms with E-state index in [1.807, 2.05) is 31.2 Å². The first-order valence-corrected chi connectivity index (χ1v) is 18.1. The van der Waals surface area contributed by atoms with Crippen molar-refractivity contribution in [2.24, 2.45) is 0 Å². The topological polar surface area (TPSA) is 159 Å². The molecule has 3 aliphatic rings. The number of anilines is 3. The number of carbonyl (C=O) groups excluding carboxylic acids is 5. The van der Waals surface area contributed by atoms with Gasteiger partial charge in [0.05, 0.1) is 25.3 Å². The molecule has 15 heteroatoms. The van der Waals surface area contributed by atoms with E-state index in [1.54, 1.807) is 17.0 Å². The number of halogens is 1. The van der Waals surface area contributed by atoms with E-state index < -0.39 is 17.8 Å². The lowest BCUT2D eigenvalue weighted by atomic mass is 10.0. The summed E-state index contributed by atoms with van der Waals surface area (Å²) < 4.78 is 25.8. The van der Waals surface area contributed by atoms with Crippen LogP contribution < -0.4 is 25.6 Å². The number of aryl methyl sites for hydroxylation is 1. The number of hydrogen-bond donors (Lipinski definition) is 3. The number of nitrogens with zero attached hydrogens (tertiary/aromatic N) is 3. The summed E-state index contributed by atoms with van der Waals surface area (Å²) in [5, 5.41) is 8.87. The second kappa shape index (κ2) is 15.5. The van der Waals surface area contributed by atoms with Gasteiger partial charge in [0.1, 0.15) is 12.6 Å². The van der Waals surface area contributed by atoms with E-state index in [9.17, 15) is 28.4 Å². The van der Waals surface area contributed by atoms with Crippen molar-refractivity contribution in [3.63, 3.8) is 0 Å². The summed E-state index contributed by atoms with van der Waals surface area (Å²) in [6, 6.07) is 14.9. The standard InChI is InChI=1S/C38H37FN6O7S/c1-22-35(25-3-7-30-24(18-25)10-12-44(30)21-46)43-38(53-22)42-34(48)17-23-2-6-29(39)32(16-23)52-15-14-51-13-11-40-27-4-5-28-26(19-27)20-45(37(28)50)31-8-9-33(47)41-36(31)49/h2-7,16,18-19,21,31,40H,8-15,17,20H2,1H3,(H,41,47,49)(H,42,43,48). The molecule has 3 aliphatic heterocycles. The fourth-order valence-corrected chi connectivity index (χ4v) is 7.64. The highest BCUT2D eigenvalue weighted by Crippen LogP contribution is 2.35. The van der Waals surface area contributed by atoms with E-state index in [0.717, 1.165) is 51.5 Å². The first-order valence-electron chi connectivity index (χ1n) is 17.3. The number of fused-ring (bicyclic) bond motifs is 2. The Balaban J connectivity index is 0.837. The molecule has 3 aromatic carbocycles. The van der Waals surface area contributed by atoms with E-state index in [1.165, 1.54) is 34.4 Å². The number of nitrogens with one attached hydrogen (secondary N) is 3. The van der Waals surface area contributed by atoms with Gasteiger partial charge in [-0.2, -0.15) is 0 Å². The van der Waals surface area contributed by atoms with Crippen LogP contribution in [0.25, 0.3) is 11.3 Å². The molecule has 4 aromatic rings. The van der Waals surface area contributed by atoms with Gasteiger partial charge < -0.3 is 29.9 Å². The lowest BCUT2D eigenvalue weighted by molar-refractivity contribution is -0.137. The number of amides is 5. The molecule has 0 bridgehead atoms. The molecule has 274 valence electrons. The third-order valence-electron chi connectivity index (χ3n) is 9.40. The molecule has 1 atom stereocenters. The number of piperidine rings is 1. The van der Waals surface area contributed by atoms with Gasteiger partial charge in [0.2, 0.25) is 24.1 Å². The molecule has 3 N–H and O–H groups in total. The molecule has 0 spiro atoms. The summed E-state index contributed by atoms with van der Waals surface area (Å²) >= 11 is 1.37. The molecule has 5 amide bonds. The van der Waals surface area contributed by atoms with Crippen LogP contribution in [0.1, 0.15) is 44.8 Å². The van der Waals surface area contributed by atoms with Gasteiger partial charge in [-0.3, -0.25) is 29.3 Å². The minimum Gasteiger partial charge on any atom is -0.488 e. The first-order chi connectivity index (χ1) is 25.7. The van der Waals surface area contributed by atoms with Crippen LogP contribution in [0.2, 0.25) is 0 Å². The number of carbonyl (C=O) groups is 5. The Morgan fingerprint density at radius 1 is 1.06 bits per heavy atom. The van der Waals surface area contributed by atoms with Crippen LogP contribution in [0, 0.1) is 12.7 Å². The average molecular weight is 741 g/mol. The molecular weight excluding hydrogens is 704 g/mol. The second-order valence-corrected chi connectivity index (χ2v) is 14.2. The van der Waals surface area contributed by atoms with Crippen molar-refractivity contribution in [3.05, 3.63) is 87.5 Å². The molecule has 0 aliphatic carbocycles. The maximum atomic E-state index is 14.5. The quantitative estimate of drug-likeness (QED) is 0.0978. The molecule has 7 rings (SSSR count). The number of rotatable bonds is 14. The molecule has 53 heavy (non-hydrogen) atoms. The van der Waals surface area contributed by atoms with E-state index in [0.29, 0.717) is 48.9 Å². The maximum Gasteiger partial charge on any atom is 0.255 e. The van der Waals surface area contributed by atoms with Crippen molar-refractivity contribution < 1.29 is 37.8 Å². The van der Waals surface area contributed by atoms with Crippen LogP contribution in [0.5, 0.6) is 5.75 Å². The summed E-state index contributed by atoms with van der Waals surface area (Å²) in [7, 11) is 0. The van der Waals surface area contributed by atoms with Gasteiger partial charge in [-0.15, -0.1) is 11.3 Å². The summed E-state index contributed by atoms with van der Waals surface area (Å²) in [5.41, 5.74) is 6.39. The molecule has 1 saturated heterocycles. The number of imide groups is 1. The highest BCUT2D eigenvalue weighted by molar-refractivity contribution is 7.16. The minimum absolute atomic E-state index is 0.00104. The van der Waals surface area contributed by atoms with E-state index in [2.05, 4.69) is 20.9 Å². The summed E-state index contributed by atoms with van der Waals surface area (Å²) in [6.45, 7) is 4.00. The molecule has 1 unspecified atom stereocenters. The molecule has 1 aromatic heterocycles. The molecule has 0 radical (unpaired) electrons. The van der Waals surface area contributed by atoms with Crippen LogP contribution in [-0.2, 0) is 43.3 Å². The zero-order valence-electron chi connectivity index (χ0n) is 28.9. The third kappa shape index (κ3) is 7.90. The monoisotopic (exact) mass is 740 g/mol. The second-order valence-electron chi connectivity index (χ2n) is 13.0. The first kappa shape index (κ1) is 35.7. The Labute approximate surface area is 308 Å². The van der Waals surface area contributed by atoms with Crippen molar-refractivity contribution in [2.45, 2.75) is 45.2 Å². The Morgan fingerprint density at radius 2 is 1.92 bits per heavy atom. The Hall–Kier alpha value is -5.67. The molecular formula is C38H37FN6O7S. The molecule has 1 fully saturated rings. The highest BCUT2D eigenvalue weighted by atomic mass is 32.1. The zero-order valence-corrected chi connectivity index (χ0v) is 29.7. The Bertz CT molecular complexity index is 2100. The SMILES string of the molecule is Cc1sc(NC(=O)Cc2ccc(F)c(OCCOCCNc3ccc4c(c3)CN(C3CCC(=O)NC3=O)C4=O)c2)nc1-c1ccc2c(c1)CCN2C=O. The number of aromatic nitrogens is 1. The molecule has 13 nitrogen and oxygen atoms in total. The van der Waals surface area contributed by atoms with Crippen molar-refractivity contribution in [3.8, 4) is 17.0 Å². The Morgan fingerprint density at radius 3 is 2.75 bits per heavy atom. The average Bonchev–Trinajstić information content (AvgIpc) is 3.82. The van der Waals surface area contributed by atoms with E-state index in [-0.39, 0.29) is 49.5 Å². The number of hydrogen-bond acceptors (Lipinski definition) is 10. The van der Waals surface area contributed by atoms with Gasteiger partial charge in [-0.25, -0.2) is 9.37 Å². The van der Waals surface area contributed by atoms with Gasteiger partial charge in [0.25, 0.3) is 5.91 Å². The number of thiazole rings is 1. The van der Waals surface area contributed by atoms with E-state index >= 15 is 0 Å².